The molecule has 0 saturated carbocycles. The first kappa shape index (κ1) is 8.45. The molecular formula is C8H14O. The van der Waals surface area contributed by atoms with Crippen LogP contribution in [0.5, 0.6) is 0 Å². The Labute approximate surface area is 56.8 Å². The van der Waals surface area contributed by atoms with E-state index in [-0.39, 0.29) is 0 Å². The maximum Gasteiger partial charge on any atom is 0.120 e. The highest BCUT2D eigenvalue weighted by molar-refractivity contribution is 5.44. The zero-order valence-electron chi connectivity index (χ0n) is 6.18. The molecule has 0 aromatic heterocycles. The monoisotopic (exact) mass is 126 g/mol. The van der Waals surface area contributed by atoms with Crippen molar-refractivity contribution in [3.05, 3.63) is 6.08 Å². The molecule has 0 N–H and O–H groups in total. The zero-order chi connectivity index (χ0) is 7.11. The highest BCUT2D eigenvalue weighted by atomic mass is 16.1. The maximum absolute atomic E-state index is 9.67. The van der Waals surface area contributed by atoms with Crippen molar-refractivity contribution in [3.8, 4) is 0 Å². The lowest BCUT2D eigenvalue weighted by Gasteiger charge is -1.99. The molecule has 0 atom stereocenters. The highest BCUT2D eigenvalue weighted by Crippen LogP contribution is 2.05. The van der Waals surface area contributed by atoms with Crippen LogP contribution < -0.4 is 0 Å². The average molecular weight is 126 g/mol. The van der Waals surface area contributed by atoms with Crippen LogP contribution in [0.4, 0.5) is 0 Å². The maximum atomic E-state index is 9.67. The van der Waals surface area contributed by atoms with Gasteiger partial charge in [0.2, 0.25) is 0 Å². The number of hydrogen-bond acceptors (Lipinski definition) is 1. The quantitative estimate of drug-likeness (QED) is 0.417. The van der Waals surface area contributed by atoms with E-state index in [0.717, 1.165) is 18.8 Å². The second-order valence-electron chi connectivity index (χ2n) is 2.65. The summed E-state index contributed by atoms with van der Waals surface area (Å²) in [5.41, 5.74) is 0. The molecular weight excluding hydrogens is 112 g/mol. The Kier molecular flexibility index (Phi) is 5.24. The molecule has 52 valence electrons. The summed E-state index contributed by atoms with van der Waals surface area (Å²) in [4.78, 5) is 9.67. The Morgan fingerprint density at radius 3 is 2.67 bits per heavy atom. The van der Waals surface area contributed by atoms with Gasteiger partial charge in [-0.05, 0) is 24.8 Å². The minimum absolute atomic E-state index is 0.755. The minimum atomic E-state index is 0.755. The van der Waals surface area contributed by atoms with Crippen molar-refractivity contribution in [1.29, 1.82) is 0 Å². The number of carbonyl (C=O) groups excluding carboxylic acids is 1. The van der Waals surface area contributed by atoms with Crippen molar-refractivity contribution in [2.45, 2.75) is 33.1 Å². The molecule has 0 aromatic carbocycles. The molecule has 0 aliphatic heterocycles. The lowest BCUT2D eigenvalue weighted by atomic mass is 10.1. The SMILES string of the molecule is CC(C)CCCC=C=O. The van der Waals surface area contributed by atoms with E-state index in [1.54, 1.807) is 12.0 Å². The molecule has 9 heavy (non-hydrogen) atoms. The van der Waals surface area contributed by atoms with Crippen LogP contribution in [-0.2, 0) is 4.79 Å². The van der Waals surface area contributed by atoms with Gasteiger partial charge in [-0.2, -0.15) is 0 Å². The minimum Gasteiger partial charge on any atom is -0.234 e. The lowest BCUT2D eigenvalue weighted by Crippen LogP contribution is -1.84. The van der Waals surface area contributed by atoms with E-state index < -0.39 is 0 Å². The van der Waals surface area contributed by atoms with Crippen molar-refractivity contribution in [2.24, 2.45) is 5.92 Å². The van der Waals surface area contributed by atoms with Crippen LogP contribution >= 0.6 is 0 Å². The fourth-order valence-electron chi connectivity index (χ4n) is 0.687. The summed E-state index contributed by atoms with van der Waals surface area (Å²) >= 11 is 0. The van der Waals surface area contributed by atoms with Gasteiger partial charge in [0.1, 0.15) is 5.94 Å². The van der Waals surface area contributed by atoms with Gasteiger partial charge < -0.3 is 0 Å². The highest BCUT2D eigenvalue weighted by Gasteiger charge is 1.90. The van der Waals surface area contributed by atoms with E-state index in [0.29, 0.717) is 0 Å². The van der Waals surface area contributed by atoms with Gasteiger partial charge in [0.15, 0.2) is 0 Å². The molecule has 0 saturated heterocycles. The first-order valence-electron chi connectivity index (χ1n) is 3.46. The normalized spacial score (nSPS) is 9.22. The summed E-state index contributed by atoms with van der Waals surface area (Å²) in [6.07, 6.45) is 4.77. The molecule has 0 bridgehead atoms. The van der Waals surface area contributed by atoms with E-state index in [1.165, 1.54) is 6.42 Å². The number of hydrogen-bond donors (Lipinski definition) is 0. The molecule has 0 radical (unpaired) electrons. The van der Waals surface area contributed by atoms with Crippen LogP contribution in [0.25, 0.3) is 0 Å². The van der Waals surface area contributed by atoms with E-state index in [1.807, 2.05) is 0 Å². The molecule has 0 amide bonds. The summed E-state index contributed by atoms with van der Waals surface area (Å²) in [6.45, 7) is 4.37. The Balaban J connectivity index is 3.00. The Morgan fingerprint density at radius 1 is 1.56 bits per heavy atom. The third-order valence-electron chi connectivity index (χ3n) is 1.21. The second-order valence-corrected chi connectivity index (χ2v) is 2.65. The average Bonchev–Trinajstić information content (AvgIpc) is 1.80. The Morgan fingerprint density at radius 2 is 2.22 bits per heavy atom. The molecule has 0 heterocycles. The lowest BCUT2D eigenvalue weighted by molar-refractivity contribution is 0.554. The molecule has 0 aliphatic rings. The summed E-state index contributed by atoms with van der Waals surface area (Å²) < 4.78 is 0. The molecule has 1 nitrogen and oxygen atoms in total. The number of rotatable bonds is 4. The first-order chi connectivity index (χ1) is 4.27. The van der Waals surface area contributed by atoms with Gasteiger partial charge in [-0.1, -0.05) is 20.3 Å². The van der Waals surface area contributed by atoms with Gasteiger partial charge in [-0.25, -0.2) is 4.79 Å². The van der Waals surface area contributed by atoms with Crippen molar-refractivity contribution in [3.63, 3.8) is 0 Å². The molecule has 0 aliphatic carbocycles. The van der Waals surface area contributed by atoms with E-state index >= 15 is 0 Å². The van der Waals surface area contributed by atoms with Crippen molar-refractivity contribution >= 4 is 5.94 Å². The van der Waals surface area contributed by atoms with Crippen LogP contribution in [0, 0.1) is 5.92 Å². The van der Waals surface area contributed by atoms with Crippen molar-refractivity contribution < 1.29 is 4.79 Å². The van der Waals surface area contributed by atoms with Gasteiger partial charge in [-0.15, -0.1) is 0 Å². The molecule has 0 aromatic rings. The predicted octanol–water partition coefficient (Wildman–Crippen LogP) is 2.20. The van der Waals surface area contributed by atoms with Gasteiger partial charge in [0, 0.05) is 0 Å². The fraction of sp³-hybridized carbons (Fsp3) is 0.750. The molecule has 0 spiro atoms. The Hall–Kier alpha value is -0.550. The van der Waals surface area contributed by atoms with Crippen LogP contribution in [0.15, 0.2) is 6.08 Å². The van der Waals surface area contributed by atoms with Gasteiger partial charge in [0.25, 0.3) is 0 Å². The first-order valence-corrected chi connectivity index (χ1v) is 3.46. The van der Waals surface area contributed by atoms with Crippen molar-refractivity contribution in [2.75, 3.05) is 0 Å². The standard InChI is InChI=1S/C8H14O/c1-8(2)6-4-3-5-7-9/h5,8H,3-4,6H2,1-2H3. The Bertz CT molecular complexity index is 99.1. The largest absolute Gasteiger partial charge is 0.234 e. The summed E-state index contributed by atoms with van der Waals surface area (Å²) in [6, 6.07) is 0. The fourth-order valence-corrected chi connectivity index (χ4v) is 0.687. The smallest absolute Gasteiger partial charge is 0.120 e. The van der Waals surface area contributed by atoms with Gasteiger partial charge >= 0.3 is 0 Å². The molecule has 0 unspecified atom stereocenters. The predicted molar refractivity (Wildman–Crippen MR) is 39.0 cm³/mol. The van der Waals surface area contributed by atoms with E-state index in [4.69, 9.17) is 0 Å². The van der Waals surface area contributed by atoms with Crippen LogP contribution in [-0.4, -0.2) is 5.94 Å². The van der Waals surface area contributed by atoms with Crippen LogP contribution in [0.2, 0.25) is 0 Å². The van der Waals surface area contributed by atoms with Crippen LogP contribution in [0.1, 0.15) is 33.1 Å². The molecule has 1 heteroatoms. The third kappa shape index (κ3) is 7.45. The van der Waals surface area contributed by atoms with Gasteiger partial charge in [-0.3, -0.25) is 0 Å². The molecule has 0 fully saturated rings. The van der Waals surface area contributed by atoms with Crippen LogP contribution in [0.3, 0.4) is 0 Å². The summed E-state index contributed by atoms with van der Waals surface area (Å²) in [5.74, 6) is 2.52. The topological polar surface area (TPSA) is 17.1 Å². The second kappa shape index (κ2) is 5.58. The molecule has 0 rings (SSSR count). The zero-order valence-corrected chi connectivity index (χ0v) is 6.18. The van der Waals surface area contributed by atoms with Gasteiger partial charge in [0.05, 0.1) is 0 Å². The van der Waals surface area contributed by atoms with Crippen molar-refractivity contribution in [1.82, 2.24) is 0 Å². The number of unbranched alkanes of at least 4 members (excludes halogenated alkanes) is 1. The van der Waals surface area contributed by atoms with E-state index in [9.17, 15) is 4.79 Å². The third-order valence-corrected chi connectivity index (χ3v) is 1.21. The van der Waals surface area contributed by atoms with E-state index in [2.05, 4.69) is 13.8 Å². The number of allylic oxidation sites excluding steroid dienone is 1. The summed E-state index contributed by atoms with van der Waals surface area (Å²) in [7, 11) is 0. The summed E-state index contributed by atoms with van der Waals surface area (Å²) in [5, 5.41) is 0.